The number of rotatable bonds is 5. The van der Waals surface area contributed by atoms with E-state index in [1.165, 1.54) is 0 Å². The van der Waals surface area contributed by atoms with E-state index in [0.29, 0.717) is 6.54 Å². The molecule has 102 valence electrons. The van der Waals surface area contributed by atoms with Crippen molar-refractivity contribution in [1.82, 2.24) is 4.90 Å². The largest absolute Gasteiger partial charge is 0.459 e. The summed E-state index contributed by atoms with van der Waals surface area (Å²) >= 11 is 0. The molecule has 0 saturated heterocycles. The molecule has 0 fully saturated rings. The molecule has 0 spiro atoms. The van der Waals surface area contributed by atoms with E-state index in [0.717, 1.165) is 19.5 Å². The Balaban J connectivity index is 4.30. The first kappa shape index (κ1) is 16.4. The minimum atomic E-state index is -0.392. The van der Waals surface area contributed by atoms with Gasteiger partial charge in [0.25, 0.3) is 0 Å². The molecule has 3 heteroatoms. The highest BCUT2D eigenvalue weighted by Gasteiger charge is 2.21. The van der Waals surface area contributed by atoms with E-state index in [-0.39, 0.29) is 11.4 Å². The number of ether oxygens (including phenoxy) is 1. The van der Waals surface area contributed by atoms with Gasteiger partial charge < -0.3 is 4.74 Å². The third-order valence-electron chi connectivity index (χ3n) is 2.01. The van der Waals surface area contributed by atoms with Gasteiger partial charge in [0.1, 0.15) is 5.60 Å². The third-order valence-corrected chi connectivity index (χ3v) is 2.01. The zero-order chi connectivity index (χ0) is 13.7. The molecule has 0 atom stereocenters. The fraction of sp³-hybridized carbons (Fsp3) is 0.929. The van der Waals surface area contributed by atoms with Crippen molar-refractivity contribution in [3.63, 3.8) is 0 Å². The molecule has 0 aromatic rings. The molecule has 0 aromatic heterocycles. The Labute approximate surface area is 107 Å². The van der Waals surface area contributed by atoms with Gasteiger partial charge in [0.15, 0.2) is 0 Å². The number of esters is 1. The van der Waals surface area contributed by atoms with Crippen molar-refractivity contribution in [1.29, 1.82) is 0 Å². The van der Waals surface area contributed by atoms with Crippen LogP contribution in [0.4, 0.5) is 0 Å². The Kier molecular flexibility index (Phi) is 6.17. The molecule has 0 aromatic carbocycles. The molecule has 3 nitrogen and oxygen atoms in total. The van der Waals surface area contributed by atoms with Crippen molar-refractivity contribution in [3.05, 3.63) is 0 Å². The van der Waals surface area contributed by atoms with Gasteiger partial charge in [-0.2, -0.15) is 0 Å². The van der Waals surface area contributed by atoms with Crippen LogP contribution in [0.15, 0.2) is 0 Å². The van der Waals surface area contributed by atoms with Gasteiger partial charge in [0.05, 0.1) is 6.54 Å². The van der Waals surface area contributed by atoms with Crippen molar-refractivity contribution in [2.24, 2.45) is 5.41 Å². The summed E-state index contributed by atoms with van der Waals surface area (Å²) in [6.45, 7) is 16.6. The second-order valence-corrected chi connectivity index (χ2v) is 6.86. The summed E-state index contributed by atoms with van der Waals surface area (Å²) in [7, 11) is 0. The van der Waals surface area contributed by atoms with Crippen molar-refractivity contribution >= 4 is 5.97 Å². The van der Waals surface area contributed by atoms with Crippen LogP contribution in [0.2, 0.25) is 0 Å². The number of carbonyl (C=O) groups excluding carboxylic acids is 1. The number of carbonyl (C=O) groups is 1. The first-order chi connectivity index (χ1) is 7.53. The highest BCUT2D eigenvalue weighted by molar-refractivity contribution is 5.72. The molecule has 0 bridgehead atoms. The Morgan fingerprint density at radius 2 is 1.65 bits per heavy atom. The third kappa shape index (κ3) is 10.3. The fourth-order valence-electron chi connectivity index (χ4n) is 1.76. The van der Waals surface area contributed by atoms with E-state index in [2.05, 4.69) is 32.6 Å². The van der Waals surface area contributed by atoms with E-state index >= 15 is 0 Å². The minimum absolute atomic E-state index is 0.129. The van der Waals surface area contributed by atoms with Crippen LogP contribution in [0.3, 0.4) is 0 Å². The number of hydrogen-bond donors (Lipinski definition) is 0. The van der Waals surface area contributed by atoms with Crippen molar-refractivity contribution in [3.8, 4) is 0 Å². The summed E-state index contributed by atoms with van der Waals surface area (Å²) in [6, 6.07) is 0. The Bertz CT molecular complexity index is 236. The molecule has 0 unspecified atom stereocenters. The van der Waals surface area contributed by atoms with Crippen molar-refractivity contribution in [2.75, 3.05) is 19.6 Å². The molecular formula is C14H29NO2. The lowest BCUT2D eigenvalue weighted by molar-refractivity contribution is -0.156. The van der Waals surface area contributed by atoms with Gasteiger partial charge in [-0.15, -0.1) is 0 Å². The number of hydrogen-bond acceptors (Lipinski definition) is 3. The van der Waals surface area contributed by atoms with Crippen molar-refractivity contribution < 1.29 is 9.53 Å². The maximum Gasteiger partial charge on any atom is 0.320 e. The van der Waals surface area contributed by atoms with E-state index in [1.54, 1.807) is 0 Å². The molecule has 0 N–H and O–H groups in total. The summed E-state index contributed by atoms with van der Waals surface area (Å²) in [6.07, 6.45) is 1.05. The average molecular weight is 243 g/mol. The standard InChI is InChI=1S/C14H29NO2/c1-8-9-15(11-13(2,3)4)10-12(16)17-14(5,6)7/h8-11H2,1-7H3. The van der Waals surface area contributed by atoms with Crippen LogP contribution in [0.25, 0.3) is 0 Å². The number of nitrogens with zero attached hydrogens (tertiary/aromatic N) is 1. The first-order valence-electron chi connectivity index (χ1n) is 6.48. The van der Waals surface area contributed by atoms with Crippen LogP contribution in [-0.2, 0) is 9.53 Å². The van der Waals surface area contributed by atoms with Crippen LogP contribution in [0.1, 0.15) is 54.9 Å². The second kappa shape index (κ2) is 6.39. The van der Waals surface area contributed by atoms with Gasteiger partial charge in [-0.05, 0) is 39.2 Å². The van der Waals surface area contributed by atoms with Gasteiger partial charge in [0, 0.05) is 6.54 Å². The predicted octanol–water partition coefficient (Wildman–Crippen LogP) is 3.09. The zero-order valence-corrected chi connectivity index (χ0v) is 12.6. The Morgan fingerprint density at radius 1 is 1.12 bits per heavy atom. The Hall–Kier alpha value is -0.570. The van der Waals surface area contributed by atoms with Crippen LogP contribution in [0, 0.1) is 5.41 Å². The highest BCUT2D eigenvalue weighted by atomic mass is 16.6. The molecule has 17 heavy (non-hydrogen) atoms. The van der Waals surface area contributed by atoms with Gasteiger partial charge >= 0.3 is 5.97 Å². The predicted molar refractivity (Wildman–Crippen MR) is 72.0 cm³/mol. The van der Waals surface area contributed by atoms with E-state index in [9.17, 15) is 4.79 Å². The monoisotopic (exact) mass is 243 g/mol. The highest BCUT2D eigenvalue weighted by Crippen LogP contribution is 2.16. The van der Waals surface area contributed by atoms with Crippen LogP contribution < -0.4 is 0 Å². The smallest absolute Gasteiger partial charge is 0.320 e. The molecule has 0 saturated carbocycles. The maximum atomic E-state index is 11.8. The summed E-state index contributed by atoms with van der Waals surface area (Å²) in [5.41, 5.74) is -0.187. The van der Waals surface area contributed by atoms with Gasteiger partial charge in [0.2, 0.25) is 0 Å². The molecule has 0 radical (unpaired) electrons. The molecule has 0 aliphatic rings. The van der Waals surface area contributed by atoms with Gasteiger partial charge in [-0.1, -0.05) is 27.7 Å². The fourth-order valence-corrected chi connectivity index (χ4v) is 1.76. The average Bonchev–Trinajstić information content (AvgIpc) is 1.95. The summed E-state index contributed by atoms with van der Waals surface area (Å²) < 4.78 is 5.35. The lowest BCUT2D eigenvalue weighted by atomic mass is 9.96. The summed E-state index contributed by atoms with van der Waals surface area (Å²) in [4.78, 5) is 13.9. The van der Waals surface area contributed by atoms with Crippen LogP contribution >= 0.6 is 0 Å². The molecule has 0 aliphatic heterocycles. The SMILES string of the molecule is CCCN(CC(=O)OC(C)(C)C)CC(C)(C)C. The second-order valence-electron chi connectivity index (χ2n) is 6.86. The molecule has 0 rings (SSSR count). The van der Waals surface area contributed by atoms with Crippen LogP contribution in [0.5, 0.6) is 0 Å². The minimum Gasteiger partial charge on any atom is -0.459 e. The van der Waals surface area contributed by atoms with E-state index < -0.39 is 5.60 Å². The van der Waals surface area contributed by atoms with E-state index in [1.807, 2.05) is 20.8 Å². The molecule has 0 aliphatic carbocycles. The zero-order valence-electron chi connectivity index (χ0n) is 12.6. The topological polar surface area (TPSA) is 29.5 Å². The van der Waals surface area contributed by atoms with Crippen molar-refractivity contribution in [2.45, 2.75) is 60.5 Å². The molecule has 0 heterocycles. The first-order valence-corrected chi connectivity index (χ1v) is 6.48. The lowest BCUT2D eigenvalue weighted by Gasteiger charge is -2.30. The summed E-state index contributed by atoms with van der Waals surface area (Å²) in [5, 5.41) is 0. The molecular weight excluding hydrogens is 214 g/mol. The van der Waals surface area contributed by atoms with Gasteiger partial charge in [-0.3, -0.25) is 9.69 Å². The van der Waals surface area contributed by atoms with E-state index in [4.69, 9.17) is 4.74 Å². The Morgan fingerprint density at radius 3 is 2.00 bits per heavy atom. The molecule has 0 amide bonds. The quantitative estimate of drug-likeness (QED) is 0.695. The maximum absolute atomic E-state index is 11.8. The summed E-state index contributed by atoms with van der Waals surface area (Å²) in [5.74, 6) is -0.129. The lowest BCUT2D eigenvalue weighted by Crippen LogP contribution is -2.39. The van der Waals surface area contributed by atoms with Gasteiger partial charge in [-0.25, -0.2) is 0 Å². The normalized spacial score (nSPS) is 12.9. The van der Waals surface area contributed by atoms with Crippen LogP contribution in [-0.4, -0.2) is 36.1 Å².